The largest absolute Gasteiger partial charge is 0.369 e. The highest BCUT2D eigenvalue weighted by Gasteiger charge is 2.10. The summed E-state index contributed by atoms with van der Waals surface area (Å²) in [6, 6.07) is 8.17. The minimum atomic E-state index is 0.0141. The SMILES string of the molecule is Cc1cccc(CN(C)C(=O)COC(C)C)c1. The topological polar surface area (TPSA) is 29.5 Å². The summed E-state index contributed by atoms with van der Waals surface area (Å²) >= 11 is 0. The number of nitrogens with zero attached hydrogens (tertiary/aromatic N) is 1. The lowest BCUT2D eigenvalue weighted by Gasteiger charge is -2.18. The number of benzene rings is 1. The van der Waals surface area contributed by atoms with E-state index in [0.29, 0.717) is 6.54 Å². The number of likely N-dealkylation sites (N-methyl/N-ethyl adjacent to an activating group) is 1. The van der Waals surface area contributed by atoms with Gasteiger partial charge < -0.3 is 9.64 Å². The number of carbonyl (C=O) groups excluding carboxylic acids is 1. The predicted octanol–water partition coefficient (Wildman–Crippen LogP) is 2.38. The summed E-state index contributed by atoms with van der Waals surface area (Å²) in [4.78, 5) is 13.4. The van der Waals surface area contributed by atoms with Gasteiger partial charge in [-0.15, -0.1) is 0 Å². The molecule has 3 heteroatoms. The van der Waals surface area contributed by atoms with Gasteiger partial charge in [-0.1, -0.05) is 29.8 Å². The Hall–Kier alpha value is -1.35. The van der Waals surface area contributed by atoms with E-state index >= 15 is 0 Å². The quantitative estimate of drug-likeness (QED) is 0.784. The van der Waals surface area contributed by atoms with Gasteiger partial charge >= 0.3 is 0 Å². The lowest BCUT2D eigenvalue weighted by Crippen LogP contribution is -2.30. The Labute approximate surface area is 103 Å². The lowest BCUT2D eigenvalue weighted by atomic mass is 10.1. The molecule has 0 unspecified atom stereocenters. The number of amides is 1. The van der Waals surface area contributed by atoms with Gasteiger partial charge in [-0.2, -0.15) is 0 Å². The van der Waals surface area contributed by atoms with Crippen molar-refractivity contribution in [2.75, 3.05) is 13.7 Å². The van der Waals surface area contributed by atoms with Gasteiger partial charge in [0.15, 0.2) is 0 Å². The lowest BCUT2D eigenvalue weighted by molar-refractivity contribution is -0.136. The summed E-state index contributed by atoms with van der Waals surface area (Å²) in [6.07, 6.45) is 0.0892. The molecule has 1 aromatic carbocycles. The summed E-state index contributed by atoms with van der Waals surface area (Å²) in [5.74, 6) is 0.0141. The van der Waals surface area contributed by atoms with Crippen molar-refractivity contribution in [3.8, 4) is 0 Å². The van der Waals surface area contributed by atoms with Gasteiger partial charge in [-0.25, -0.2) is 0 Å². The zero-order chi connectivity index (χ0) is 12.8. The van der Waals surface area contributed by atoms with Crippen molar-refractivity contribution in [2.45, 2.75) is 33.4 Å². The molecule has 3 nitrogen and oxygen atoms in total. The van der Waals surface area contributed by atoms with E-state index in [9.17, 15) is 4.79 Å². The molecule has 0 atom stereocenters. The molecule has 17 heavy (non-hydrogen) atoms. The first-order chi connectivity index (χ1) is 7.99. The van der Waals surface area contributed by atoms with E-state index in [0.717, 1.165) is 5.56 Å². The summed E-state index contributed by atoms with van der Waals surface area (Å²) in [5, 5.41) is 0. The molecule has 0 aliphatic heterocycles. The maximum atomic E-state index is 11.7. The first-order valence-corrected chi connectivity index (χ1v) is 5.90. The minimum absolute atomic E-state index is 0.0141. The van der Waals surface area contributed by atoms with Crippen molar-refractivity contribution in [3.63, 3.8) is 0 Å². The number of rotatable bonds is 5. The fraction of sp³-hybridized carbons (Fsp3) is 0.500. The second-order valence-corrected chi connectivity index (χ2v) is 4.60. The van der Waals surface area contributed by atoms with E-state index in [1.807, 2.05) is 39.0 Å². The maximum absolute atomic E-state index is 11.7. The molecule has 0 fully saturated rings. The summed E-state index contributed by atoms with van der Waals surface area (Å²) < 4.78 is 5.29. The smallest absolute Gasteiger partial charge is 0.248 e. The van der Waals surface area contributed by atoms with Crippen LogP contribution in [0.25, 0.3) is 0 Å². The van der Waals surface area contributed by atoms with E-state index < -0.39 is 0 Å². The van der Waals surface area contributed by atoms with E-state index in [2.05, 4.69) is 6.07 Å². The zero-order valence-corrected chi connectivity index (χ0v) is 11.1. The molecule has 1 aromatic rings. The van der Waals surface area contributed by atoms with Crippen LogP contribution in [0.3, 0.4) is 0 Å². The summed E-state index contributed by atoms with van der Waals surface area (Å²) in [6.45, 7) is 6.68. The second-order valence-electron chi connectivity index (χ2n) is 4.60. The fourth-order valence-corrected chi connectivity index (χ4v) is 1.52. The van der Waals surface area contributed by atoms with Crippen LogP contribution >= 0.6 is 0 Å². The molecule has 0 heterocycles. The molecule has 0 radical (unpaired) electrons. The highest BCUT2D eigenvalue weighted by molar-refractivity contribution is 5.77. The molecule has 0 aliphatic rings. The van der Waals surface area contributed by atoms with Gasteiger partial charge in [0.2, 0.25) is 5.91 Å². The minimum Gasteiger partial charge on any atom is -0.369 e. The Bertz CT molecular complexity index is 374. The third kappa shape index (κ3) is 5.00. The van der Waals surface area contributed by atoms with Crippen molar-refractivity contribution in [3.05, 3.63) is 35.4 Å². The van der Waals surface area contributed by atoms with Crippen LogP contribution in [0, 0.1) is 6.92 Å². The molecule has 94 valence electrons. The summed E-state index contributed by atoms with van der Waals surface area (Å²) in [7, 11) is 1.80. The average Bonchev–Trinajstić information content (AvgIpc) is 2.25. The fourth-order valence-electron chi connectivity index (χ4n) is 1.52. The first kappa shape index (κ1) is 13.7. The molecular formula is C14H21NO2. The third-order valence-corrected chi connectivity index (χ3v) is 2.47. The zero-order valence-electron chi connectivity index (χ0n) is 11.1. The monoisotopic (exact) mass is 235 g/mol. The van der Waals surface area contributed by atoms with Crippen molar-refractivity contribution >= 4 is 5.91 Å². The van der Waals surface area contributed by atoms with Gasteiger partial charge in [0.25, 0.3) is 0 Å². The Balaban J connectivity index is 2.48. The van der Waals surface area contributed by atoms with Gasteiger partial charge in [0, 0.05) is 13.6 Å². The number of carbonyl (C=O) groups is 1. The Morgan fingerprint density at radius 1 is 1.41 bits per heavy atom. The molecule has 0 saturated heterocycles. The van der Waals surface area contributed by atoms with Crippen LogP contribution in [-0.4, -0.2) is 30.6 Å². The van der Waals surface area contributed by atoms with Gasteiger partial charge in [0.05, 0.1) is 6.10 Å². The first-order valence-electron chi connectivity index (χ1n) is 5.90. The van der Waals surface area contributed by atoms with Crippen molar-refractivity contribution < 1.29 is 9.53 Å². The molecule has 1 amide bonds. The van der Waals surface area contributed by atoms with E-state index in [4.69, 9.17) is 4.74 Å². The molecule has 0 N–H and O–H groups in total. The van der Waals surface area contributed by atoms with Crippen LogP contribution in [0.4, 0.5) is 0 Å². The van der Waals surface area contributed by atoms with E-state index in [-0.39, 0.29) is 18.6 Å². The predicted molar refractivity (Wildman–Crippen MR) is 68.7 cm³/mol. The molecule has 0 spiro atoms. The maximum Gasteiger partial charge on any atom is 0.248 e. The van der Waals surface area contributed by atoms with Crippen LogP contribution in [0.15, 0.2) is 24.3 Å². The molecule has 0 bridgehead atoms. The molecule has 1 rings (SSSR count). The normalized spacial score (nSPS) is 10.6. The summed E-state index contributed by atoms with van der Waals surface area (Å²) in [5.41, 5.74) is 2.35. The molecule has 0 aliphatic carbocycles. The number of hydrogen-bond acceptors (Lipinski definition) is 2. The van der Waals surface area contributed by atoms with Crippen LogP contribution in [-0.2, 0) is 16.1 Å². The van der Waals surface area contributed by atoms with Crippen LogP contribution in [0.2, 0.25) is 0 Å². The van der Waals surface area contributed by atoms with Crippen molar-refractivity contribution in [1.29, 1.82) is 0 Å². The van der Waals surface area contributed by atoms with Crippen molar-refractivity contribution in [1.82, 2.24) is 4.90 Å². The average molecular weight is 235 g/mol. The standard InChI is InChI=1S/C14H21NO2/c1-11(2)17-10-14(16)15(4)9-13-7-5-6-12(3)8-13/h5-8,11H,9-10H2,1-4H3. The highest BCUT2D eigenvalue weighted by Crippen LogP contribution is 2.06. The Morgan fingerprint density at radius 3 is 2.71 bits per heavy atom. The van der Waals surface area contributed by atoms with Gasteiger partial charge in [0.1, 0.15) is 6.61 Å². The Morgan fingerprint density at radius 2 is 2.12 bits per heavy atom. The van der Waals surface area contributed by atoms with Crippen LogP contribution < -0.4 is 0 Å². The molecule has 0 saturated carbocycles. The number of ether oxygens (including phenoxy) is 1. The van der Waals surface area contributed by atoms with Crippen LogP contribution in [0.1, 0.15) is 25.0 Å². The van der Waals surface area contributed by atoms with Gasteiger partial charge in [-0.3, -0.25) is 4.79 Å². The van der Waals surface area contributed by atoms with E-state index in [1.165, 1.54) is 5.56 Å². The molecular weight excluding hydrogens is 214 g/mol. The van der Waals surface area contributed by atoms with E-state index in [1.54, 1.807) is 11.9 Å². The van der Waals surface area contributed by atoms with Gasteiger partial charge in [-0.05, 0) is 26.3 Å². The second kappa shape index (κ2) is 6.40. The number of hydrogen-bond donors (Lipinski definition) is 0. The third-order valence-electron chi connectivity index (χ3n) is 2.47. The number of aryl methyl sites for hydroxylation is 1. The Kier molecular flexibility index (Phi) is 5.16. The van der Waals surface area contributed by atoms with Crippen molar-refractivity contribution in [2.24, 2.45) is 0 Å². The molecule has 0 aromatic heterocycles. The highest BCUT2D eigenvalue weighted by atomic mass is 16.5. The van der Waals surface area contributed by atoms with Crippen LogP contribution in [0.5, 0.6) is 0 Å².